The third-order valence-corrected chi connectivity index (χ3v) is 5.08. The molecular weight excluding hydrogens is 544 g/mol. The molecule has 4 aromatic rings. The van der Waals surface area contributed by atoms with Gasteiger partial charge in [0.15, 0.2) is 0 Å². The summed E-state index contributed by atoms with van der Waals surface area (Å²) < 4.78 is 0. The minimum atomic E-state index is -0.591. The predicted octanol–water partition coefficient (Wildman–Crippen LogP) is 4.43. The molecule has 4 rings (SSSR count). The van der Waals surface area contributed by atoms with Crippen molar-refractivity contribution in [2.75, 3.05) is 0 Å². The number of rotatable bonds is 4. The van der Waals surface area contributed by atoms with Gasteiger partial charge in [0.2, 0.25) is 0 Å². The van der Waals surface area contributed by atoms with E-state index in [-0.39, 0.29) is 21.1 Å². The first-order valence-electron chi connectivity index (χ1n) is 12.0. The molecule has 194 valence electrons. The molecule has 0 aromatic heterocycles. The summed E-state index contributed by atoms with van der Waals surface area (Å²) in [6.07, 6.45) is -2.37. The molecule has 0 aliphatic rings. The largest absolute Gasteiger partial charge is 4.00 e. The molecule has 0 saturated carbocycles. The Morgan fingerprint density at radius 3 is 0.541 bits per heavy atom. The van der Waals surface area contributed by atoms with Gasteiger partial charge in [-0.2, -0.15) is 0 Å². The van der Waals surface area contributed by atoms with Crippen LogP contribution in [0, 0.1) is 0 Å². The van der Waals surface area contributed by atoms with E-state index in [1.165, 1.54) is 0 Å². The zero-order chi connectivity index (χ0) is 26.8. The summed E-state index contributed by atoms with van der Waals surface area (Å²) in [5.41, 5.74) is 3.44. The van der Waals surface area contributed by atoms with Crippen LogP contribution < -0.4 is 20.4 Å². The van der Waals surface area contributed by atoms with E-state index in [0.717, 1.165) is 22.3 Å². The van der Waals surface area contributed by atoms with Gasteiger partial charge < -0.3 is 20.4 Å². The predicted molar refractivity (Wildman–Crippen MR) is 139 cm³/mol. The van der Waals surface area contributed by atoms with Crippen molar-refractivity contribution in [1.82, 2.24) is 0 Å². The van der Waals surface area contributed by atoms with Crippen LogP contribution in [-0.2, 0) is 21.1 Å². The molecular formula is C32H36MoO4. The van der Waals surface area contributed by atoms with Gasteiger partial charge in [-0.15, -0.1) is 24.4 Å². The first kappa shape index (κ1) is 34.4. The fraction of sp³-hybridized carbons (Fsp3) is 0.250. The Morgan fingerprint density at radius 1 is 0.324 bits per heavy atom. The number of hydrogen-bond donors (Lipinski definition) is 0. The zero-order valence-electron chi connectivity index (χ0n) is 21.9. The second kappa shape index (κ2) is 20.5. The van der Waals surface area contributed by atoms with E-state index < -0.39 is 24.4 Å². The van der Waals surface area contributed by atoms with Crippen molar-refractivity contribution >= 4 is 0 Å². The van der Waals surface area contributed by atoms with Crippen molar-refractivity contribution in [3.05, 3.63) is 144 Å². The molecule has 4 unspecified atom stereocenters. The van der Waals surface area contributed by atoms with Gasteiger partial charge in [0, 0.05) is 0 Å². The molecule has 0 amide bonds. The van der Waals surface area contributed by atoms with Gasteiger partial charge in [-0.25, -0.2) is 0 Å². The van der Waals surface area contributed by atoms with Crippen LogP contribution in [0.15, 0.2) is 121 Å². The molecule has 37 heavy (non-hydrogen) atoms. The molecule has 4 aromatic carbocycles. The van der Waals surface area contributed by atoms with Crippen LogP contribution in [0.3, 0.4) is 0 Å². The average molecular weight is 581 g/mol. The summed E-state index contributed by atoms with van der Waals surface area (Å²) in [6, 6.07) is 37.4. The third kappa shape index (κ3) is 16.0. The molecule has 0 fully saturated rings. The van der Waals surface area contributed by atoms with Crippen molar-refractivity contribution in [2.45, 2.75) is 52.1 Å². The molecule has 0 spiro atoms. The van der Waals surface area contributed by atoms with Gasteiger partial charge in [0.1, 0.15) is 0 Å². The quantitative estimate of drug-likeness (QED) is 0.334. The van der Waals surface area contributed by atoms with Gasteiger partial charge in [0.05, 0.1) is 0 Å². The van der Waals surface area contributed by atoms with E-state index in [1.807, 2.05) is 121 Å². The smallest absolute Gasteiger partial charge is 0.849 e. The standard InChI is InChI=1S/4C8H9O.Mo/c4*1-7(9)8-5-3-2-4-6-8;/h4*2-7H,1H3;/q4*-1;+4. The molecule has 0 aliphatic heterocycles. The fourth-order valence-electron chi connectivity index (χ4n) is 2.90. The van der Waals surface area contributed by atoms with Gasteiger partial charge in [-0.3, -0.25) is 0 Å². The maximum absolute atomic E-state index is 10.7. The van der Waals surface area contributed by atoms with Crippen molar-refractivity contribution < 1.29 is 41.5 Å². The Bertz CT molecular complexity index is 849. The van der Waals surface area contributed by atoms with E-state index in [2.05, 4.69) is 0 Å². The van der Waals surface area contributed by atoms with E-state index in [9.17, 15) is 20.4 Å². The van der Waals surface area contributed by atoms with Gasteiger partial charge in [-0.05, 0) is 0 Å². The summed E-state index contributed by atoms with van der Waals surface area (Å²) in [6.45, 7) is 6.59. The van der Waals surface area contributed by atoms with Crippen LogP contribution in [0.4, 0.5) is 0 Å². The topological polar surface area (TPSA) is 92.2 Å². The van der Waals surface area contributed by atoms with E-state index >= 15 is 0 Å². The van der Waals surface area contributed by atoms with Crippen molar-refractivity contribution in [1.29, 1.82) is 0 Å². The Hall–Kier alpha value is -2.59. The molecule has 4 nitrogen and oxygen atoms in total. The molecule has 0 bridgehead atoms. The molecule has 0 aliphatic carbocycles. The molecule has 5 heteroatoms. The fourth-order valence-corrected chi connectivity index (χ4v) is 2.90. The maximum atomic E-state index is 10.7. The maximum Gasteiger partial charge on any atom is 4.00 e. The van der Waals surface area contributed by atoms with Crippen LogP contribution >= 0.6 is 0 Å². The minimum Gasteiger partial charge on any atom is -0.849 e. The normalized spacial score (nSPS) is 12.8. The minimum absolute atomic E-state index is 0. The van der Waals surface area contributed by atoms with Gasteiger partial charge in [-0.1, -0.05) is 171 Å². The summed E-state index contributed by atoms with van der Waals surface area (Å²) in [4.78, 5) is 0. The molecule has 0 N–H and O–H groups in total. The molecule has 0 saturated heterocycles. The SMILES string of the molecule is CC([O-])c1ccccc1.CC([O-])c1ccccc1.CC([O-])c1ccccc1.CC([O-])c1ccccc1.[Mo+4]. The summed E-state index contributed by atoms with van der Waals surface area (Å²) in [7, 11) is 0. The van der Waals surface area contributed by atoms with E-state index in [0.29, 0.717) is 0 Å². The molecule has 0 radical (unpaired) electrons. The second-order valence-corrected chi connectivity index (χ2v) is 8.21. The Kier molecular flexibility index (Phi) is 19.0. The van der Waals surface area contributed by atoms with Crippen molar-refractivity contribution in [3.8, 4) is 0 Å². The monoisotopic (exact) mass is 582 g/mol. The zero-order valence-corrected chi connectivity index (χ0v) is 23.9. The van der Waals surface area contributed by atoms with Crippen molar-refractivity contribution in [2.24, 2.45) is 0 Å². The average Bonchev–Trinajstić information content (AvgIpc) is 2.92. The van der Waals surface area contributed by atoms with Crippen LogP contribution in [0.5, 0.6) is 0 Å². The van der Waals surface area contributed by atoms with Crippen LogP contribution in [0.1, 0.15) is 74.4 Å². The van der Waals surface area contributed by atoms with E-state index in [4.69, 9.17) is 0 Å². The first-order valence-corrected chi connectivity index (χ1v) is 12.0. The number of benzene rings is 4. The second-order valence-electron chi connectivity index (χ2n) is 8.21. The van der Waals surface area contributed by atoms with Gasteiger partial charge in [0.25, 0.3) is 0 Å². The summed E-state index contributed by atoms with van der Waals surface area (Å²) in [5.74, 6) is 0. The summed E-state index contributed by atoms with van der Waals surface area (Å²) in [5, 5.41) is 42.9. The Morgan fingerprint density at radius 2 is 0.459 bits per heavy atom. The van der Waals surface area contributed by atoms with Crippen molar-refractivity contribution in [3.63, 3.8) is 0 Å². The molecule has 0 heterocycles. The summed E-state index contributed by atoms with van der Waals surface area (Å²) >= 11 is 0. The third-order valence-electron chi connectivity index (χ3n) is 5.08. The Labute approximate surface area is 236 Å². The first-order chi connectivity index (χ1) is 17.2. The van der Waals surface area contributed by atoms with E-state index in [1.54, 1.807) is 27.7 Å². The van der Waals surface area contributed by atoms with Crippen LogP contribution in [-0.4, -0.2) is 0 Å². The molecule has 4 atom stereocenters. The van der Waals surface area contributed by atoms with Gasteiger partial charge >= 0.3 is 21.1 Å². The van der Waals surface area contributed by atoms with Crippen LogP contribution in [0.25, 0.3) is 0 Å². The van der Waals surface area contributed by atoms with Crippen LogP contribution in [0.2, 0.25) is 0 Å². The Balaban J connectivity index is 0.000000463. The number of hydrogen-bond acceptors (Lipinski definition) is 4.